The highest BCUT2D eigenvalue weighted by molar-refractivity contribution is 5.69. The lowest BCUT2D eigenvalue weighted by Crippen LogP contribution is -2.15. The first kappa shape index (κ1) is 10.6. The van der Waals surface area contributed by atoms with E-state index in [9.17, 15) is 4.79 Å². The van der Waals surface area contributed by atoms with Crippen LogP contribution in [0.2, 0.25) is 0 Å². The Bertz CT molecular complexity index is 320. The summed E-state index contributed by atoms with van der Waals surface area (Å²) < 4.78 is 11.3. The lowest BCUT2D eigenvalue weighted by Gasteiger charge is -2.04. The zero-order valence-electron chi connectivity index (χ0n) is 8.61. The van der Waals surface area contributed by atoms with Gasteiger partial charge in [0.1, 0.15) is 6.54 Å². The third-order valence-electron chi connectivity index (χ3n) is 1.66. The molecule has 1 heterocycles. The molecular formula is C9H14N2O3. The zero-order valence-corrected chi connectivity index (χ0v) is 8.61. The third-order valence-corrected chi connectivity index (χ3v) is 1.66. The van der Waals surface area contributed by atoms with Crippen LogP contribution in [-0.4, -0.2) is 29.5 Å². The van der Waals surface area contributed by atoms with Crippen molar-refractivity contribution in [2.75, 3.05) is 13.7 Å². The Balaban J connectivity index is 2.70. The molecule has 78 valence electrons. The molecule has 1 aromatic rings. The van der Waals surface area contributed by atoms with Crippen LogP contribution in [0.25, 0.3) is 0 Å². The summed E-state index contributed by atoms with van der Waals surface area (Å²) in [6.45, 7) is 4.07. The van der Waals surface area contributed by atoms with E-state index in [4.69, 9.17) is 9.47 Å². The van der Waals surface area contributed by atoms with Crippen LogP contribution in [-0.2, 0) is 16.1 Å². The summed E-state index contributed by atoms with van der Waals surface area (Å²) in [6, 6.07) is 1.76. The Morgan fingerprint density at radius 2 is 2.36 bits per heavy atom. The van der Waals surface area contributed by atoms with E-state index in [0.717, 1.165) is 5.69 Å². The van der Waals surface area contributed by atoms with E-state index >= 15 is 0 Å². The second kappa shape index (κ2) is 4.64. The van der Waals surface area contributed by atoms with Crippen LogP contribution in [0.4, 0.5) is 0 Å². The van der Waals surface area contributed by atoms with Crippen molar-refractivity contribution in [3.05, 3.63) is 11.8 Å². The van der Waals surface area contributed by atoms with Crippen molar-refractivity contribution in [2.45, 2.75) is 20.4 Å². The second-order valence-corrected chi connectivity index (χ2v) is 2.79. The van der Waals surface area contributed by atoms with Crippen LogP contribution >= 0.6 is 0 Å². The third kappa shape index (κ3) is 2.48. The van der Waals surface area contributed by atoms with E-state index in [-0.39, 0.29) is 12.5 Å². The normalized spacial score (nSPS) is 9.93. The first-order valence-electron chi connectivity index (χ1n) is 4.41. The highest BCUT2D eigenvalue weighted by Gasteiger charge is 2.09. The molecule has 5 nitrogen and oxygen atoms in total. The van der Waals surface area contributed by atoms with E-state index < -0.39 is 0 Å². The van der Waals surface area contributed by atoms with Gasteiger partial charge in [-0.1, -0.05) is 0 Å². The van der Waals surface area contributed by atoms with Crippen LogP contribution in [0.1, 0.15) is 12.6 Å². The van der Waals surface area contributed by atoms with Gasteiger partial charge in [0, 0.05) is 6.07 Å². The van der Waals surface area contributed by atoms with Gasteiger partial charge in [-0.15, -0.1) is 0 Å². The van der Waals surface area contributed by atoms with Gasteiger partial charge >= 0.3 is 5.97 Å². The molecule has 5 heteroatoms. The van der Waals surface area contributed by atoms with Gasteiger partial charge in [0.25, 0.3) is 0 Å². The van der Waals surface area contributed by atoms with Crippen LogP contribution < -0.4 is 4.74 Å². The minimum absolute atomic E-state index is 0.0881. The molecule has 0 spiro atoms. The predicted octanol–water partition coefficient (Wildman–Crippen LogP) is 0.763. The van der Waals surface area contributed by atoms with Crippen LogP contribution in [0.15, 0.2) is 6.07 Å². The van der Waals surface area contributed by atoms with E-state index in [1.165, 1.54) is 11.8 Å². The first-order chi connectivity index (χ1) is 6.67. The van der Waals surface area contributed by atoms with Crippen molar-refractivity contribution in [3.63, 3.8) is 0 Å². The number of nitrogens with zero attached hydrogens (tertiary/aromatic N) is 2. The molecule has 0 aromatic carbocycles. The smallest absolute Gasteiger partial charge is 0.327 e. The van der Waals surface area contributed by atoms with Crippen molar-refractivity contribution in [1.82, 2.24) is 9.78 Å². The van der Waals surface area contributed by atoms with Gasteiger partial charge in [0.15, 0.2) is 0 Å². The fourth-order valence-corrected chi connectivity index (χ4v) is 1.13. The summed E-state index contributed by atoms with van der Waals surface area (Å²) in [5, 5.41) is 4.09. The molecule has 0 fully saturated rings. The summed E-state index contributed by atoms with van der Waals surface area (Å²) >= 11 is 0. The molecular weight excluding hydrogens is 184 g/mol. The number of carbonyl (C=O) groups excluding carboxylic acids is 1. The Morgan fingerprint density at radius 1 is 1.64 bits per heavy atom. The quantitative estimate of drug-likeness (QED) is 0.670. The van der Waals surface area contributed by atoms with Crippen molar-refractivity contribution in [1.29, 1.82) is 0 Å². The van der Waals surface area contributed by atoms with Gasteiger partial charge in [0.2, 0.25) is 5.88 Å². The molecule has 0 aliphatic rings. The maximum Gasteiger partial charge on any atom is 0.327 e. The Kier molecular flexibility index (Phi) is 3.50. The molecule has 0 unspecified atom stereocenters. The molecule has 1 aromatic heterocycles. The average Bonchev–Trinajstić information content (AvgIpc) is 2.46. The van der Waals surface area contributed by atoms with Gasteiger partial charge in [0.05, 0.1) is 19.4 Å². The molecule has 0 aliphatic carbocycles. The summed E-state index contributed by atoms with van der Waals surface area (Å²) in [5.41, 5.74) is 0.811. The molecule has 0 saturated carbocycles. The number of aromatic nitrogens is 2. The number of methoxy groups -OCH3 is 1. The maximum absolute atomic E-state index is 11.2. The molecule has 14 heavy (non-hydrogen) atoms. The minimum Gasteiger partial charge on any atom is -0.481 e. The Morgan fingerprint density at radius 3 is 2.93 bits per heavy atom. The van der Waals surface area contributed by atoms with E-state index in [2.05, 4.69) is 5.10 Å². The number of aryl methyl sites for hydroxylation is 1. The maximum atomic E-state index is 11.2. The minimum atomic E-state index is -0.311. The Hall–Kier alpha value is -1.52. The number of ether oxygens (including phenoxy) is 2. The standard InChI is InChI=1S/C9H14N2O3/c1-4-14-9(12)6-11-8(13-3)5-7(2)10-11/h5H,4,6H2,1-3H3. The number of esters is 1. The summed E-state index contributed by atoms with van der Waals surface area (Å²) in [4.78, 5) is 11.2. The number of hydrogen-bond donors (Lipinski definition) is 0. The van der Waals surface area contributed by atoms with Crippen molar-refractivity contribution >= 4 is 5.97 Å². The monoisotopic (exact) mass is 198 g/mol. The van der Waals surface area contributed by atoms with Gasteiger partial charge in [-0.25, -0.2) is 4.68 Å². The van der Waals surface area contributed by atoms with Crippen LogP contribution in [0.5, 0.6) is 5.88 Å². The molecule has 0 saturated heterocycles. The molecule has 0 atom stereocenters. The fourth-order valence-electron chi connectivity index (χ4n) is 1.13. The van der Waals surface area contributed by atoms with E-state index in [1.807, 2.05) is 6.92 Å². The highest BCUT2D eigenvalue weighted by Crippen LogP contribution is 2.11. The summed E-state index contributed by atoms with van der Waals surface area (Å²) in [6.07, 6.45) is 0. The number of hydrogen-bond acceptors (Lipinski definition) is 4. The number of rotatable bonds is 4. The number of carbonyl (C=O) groups is 1. The van der Waals surface area contributed by atoms with E-state index in [0.29, 0.717) is 12.5 Å². The summed E-state index contributed by atoms with van der Waals surface area (Å²) in [5.74, 6) is 0.254. The Labute approximate surface area is 82.6 Å². The zero-order chi connectivity index (χ0) is 10.6. The van der Waals surface area contributed by atoms with Crippen LogP contribution in [0.3, 0.4) is 0 Å². The molecule has 0 radical (unpaired) electrons. The van der Waals surface area contributed by atoms with Crippen molar-refractivity contribution in [3.8, 4) is 5.88 Å². The lowest BCUT2D eigenvalue weighted by molar-refractivity contribution is -0.144. The molecule has 0 N–H and O–H groups in total. The van der Waals surface area contributed by atoms with E-state index in [1.54, 1.807) is 13.0 Å². The average molecular weight is 198 g/mol. The van der Waals surface area contributed by atoms with Gasteiger partial charge < -0.3 is 9.47 Å². The van der Waals surface area contributed by atoms with Gasteiger partial charge in [-0.2, -0.15) is 5.10 Å². The SMILES string of the molecule is CCOC(=O)Cn1nc(C)cc1OC. The predicted molar refractivity (Wildman–Crippen MR) is 50.1 cm³/mol. The molecule has 0 amide bonds. The first-order valence-corrected chi connectivity index (χ1v) is 4.41. The second-order valence-electron chi connectivity index (χ2n) is 2.79. The van der Waals surface area contributed by atoms with Gasteiger partial charge in [-0.3, -0.25) is 4.79 Å². The molecule has 1 rings (SSSR count). The molecule has 0 bridgehead atoms. The van der Waals surface area contributed by atoms with Gasteiger partial charge in [-0.05, 0) is 13.8 Å². The topological polar surface area (TPSA) is 53.4 Å². The van der Waals surface area contributed by atoms with Crippen molar-refractivity contribution < 1.29 is 14.3 Å². The largest absolute Gasteiger partial charge is 0.481 e. The lowest BCUT2D eigenvalue weighted by atomic mass is 10.5. The highest BCUT2D eigenvalue weighted by atomic mass is 16.5. The van der Waals surface area contributed by atoms with Crippen LogP contribution in [0, 0.1) is 6.92 Å². The van der Waals surface area contributed by atoms with Crippen molar-refractivity contribution in [2.24, 2.45) is 0 Å². The molecule has 0 aliphatic heterocycles. The summed E-state index contributed by atoms with van der Waals surface area (Å²) in [7, 11) is 1.54. The fraction of sp³-hybridized carbons (Fsp3) is 0.556.